The average molecular weight is 417 g/mol. The van der Waals surface area contributed by atoms with Crippen LogP contribution in [0.5, 0.6) is 0 Å². The van der Waals surface area contributed by atoms with Gasteiger partial charge in [-0.25, -0.2) is 0 Å². The lowest BCUT2D eigenvalue weighted by Crippen LogP contribution is -2.55. The molecule has 148 valence electrons. The molecule has 0 aromatic heterocycles. The summed E-state index contributed by atoms with van der Waals surface area (Å²) in [7, 11) is 0. The molecule has 0 saturated carbocycles. The first kappa shape index (κ1) is 24.8. The summed E-state index contributed by atoms with van der Waals surface area (Å²) in [5, 5.41) is 0. The summed E-state index contributed by atoms with van der Waals surface area (Å²) in [5.41, 5.74) is 5.96. The number of rotatable bonds is 6. The minimum atomic E-state index is -0.399. The summed E-state index contributed by atoms with van der Waals surface area (Å²) >= 11 is 1.70. The largest absolute Gasteiger partial charge is 0.378 e. The van der Waals surface area contributed by atoms with E-state index >= 15 is 0 Å². The zero-order chi connectivity index (χ0) is 16.7. The molecule has 2 aliphatic heterocycles. The molecule has 0 aliphatic carbocycles. The van der Waals surface area contributed by atoms with Crippen molar-refractivity contribution in [1.82, 2.24) is 14.7 Å². The molecule has 0 radical (unpaired) electrons. The Morgan fingerprint density at radius 1 is 1.04 bits per heavy atom. The second kappa shape index (κ2) is 13.0. The average Bonchev–Trinajstić information content (AvgIpc) is 2.60. The van der Waals surface area contributed by atoms with Gasteiger partial charge in [0, 0.05) is 39.3 Å². The van der Waals surface area contributed by atoms with Gasteiger partial charge in [-0.2, -0.15) is 11.8 Å². The highest BCUT2D eigenvalue weighted by molar-refractivity contribution is 7.98. The second-order valence-corrected chi connectivity index (χ2v) is 6.97. The number of amides is 2. The van der Waals surface area contributed by atoms with Gasteiger partial charge in [0.2, 0.25) is 11.8 Å². The van der Waals surface area contributed by atoms with Crippen LogP contribution < -0.4 is 5.73 Å². The molecule has 2 saturated heterocycles. The van der Waals surface area contributed by atoms with Crippen LogP contribution in [0.1, 0.15) is 6.42 Å². The van der Waals surface area contributed by atoms with Crippen LogP contribution in [0.4, 0.5) is 0 Å². The SMILES string of the molecule is CSCC[C@H](N)C(=O)N1CCN(CC(=O)N2CCOCC2)CC1.Cl.Cl. The second-order valence-electron chi connectivity index (χ2n) is 5.98. The van der Waals surface area contributed by atoms with Gasteiger partial charge in [0.1, 0.15) is 0 Å². The lowest BCUT2D eigenvalue weighted by molar-refractivity contribution is -0.138. The molecule has 2 N–H and O–H groups in total. The van der Waals surface area contributed by atoms with Crippen molar-refractivity contribution in [2.45, 2.75) is 12.5 Å². The van der Waals surface area contributed by atoms with E-state index in [0.717, 1.165) is 25.3 Å². The number of hydrogen-bond acceptors (Lipinski definition) is 6. The fourth-order valence-corrected chi connectivity index (χ4v) is 3.32. The predicted octanol–water partition coefficient (Wildman–Crippen LogP) is -0.0866. The van der Waals surface area contributed by atoms with E-state index in [0.29, 0.717) is 45.9 Å². The third kappa shape index (κ3) is 7.88. The Morgan fingerprint density at radius 3 is 2.20 bits per heavy atom. The maximum Gasteiger partial charge on any atom is 0.239 e. The predicted molar refractivity (Wildman–Crippen MR) is 106 cm³/mol. The van der Waals surface area contributed by atoms with E-state index < -0.39 is 6.04 Å². The molecule has 1 atom stereocenters. The standard InChI is InChI=1S/C15H28N4O3S.2ClH/c1-23-11-2-13(16)15(21)19-5-3-17(4-6-19)12-14(20)18-7-9-22-10-8-18;;/h13H,2-12,16H2,1H3;2*1H/t13-;;/m0../s1. The Kier molecular flexibility index (Phi) is 12.9. The van der Waals surface area contributed by atoms with Crippen LogP contribution in [0.25, 0.3) is 0 Å². The summed E-state index contributed by atoms with van der Waals surface area (Å²) < 4.78 is 5.27. The van der Waals surface area contributed by atoms with Gasteiger partial charge >= 0.3 is 0 Å². The molecule has 0 unspecified atom stereocenters. The van der Waals surface area contributed by atoms with Crippen LogP contribution in [0.3, 0.4) is 0 Å². The lowest BCUT2D eigenvalue weighted by Gasteiger charge is -2.36. The van der Waals surface area contributed by atoms with E-state index in [9.17, 15) is 9.59 Å². The van der Waals surface area contributed by atoms with Crippen molar-refractivity contribution in [3.8, 4) is 0 Å². The molecule has 2 rings (SSSR count). The van der Waals surface area contributed by atoms with Gasteiger partial charge in [0.05, 0.1) is 25.8 Å². The van der Waals surface area contributed by atoms with Gasteiger partial charge < -0.3 is 20.3 Å². The van der Waals surface area contributed by atoms with Crippen molar-refractivity contribution in [2.24, 2.45) is 5.73 Å². The van der Waals surface area contributed by atoms with E-state index in [2.05, 4.69) is 4.90 Å². The number of thioether (sulfide) groups is 1. The van der Waals surface area contributed by atoms with Crippen LogP contribution in [0.15, 0.2) is 0 Å². The van der Waals surface area contributed by atoms with Gasteiger partial charge in [-0.15, -0.1) is 24.8 Å². The Hall–Kier alpha value is -0.250. The van der Waals surface area contributed by atoms with Crippen molar-refractivity contribution in [2.75, 3.05) is 71.0 Å². The Morgan fingerprint density at radius 2 is 1.64 bits per heavy atom. The molecule has 0 spiro atoms. The molecule has 0 bridgehead atoms. The molecule has 0 aromatic carbocycles. The normalized spacial score (nSPS) is 19.6. The maximum absolute atomic E-state index is 12.3. The van der Waals surface area contributed by atoms with Crippen LogP contribution in [0, 0.1) is 0 Å². The zero-order valence-electron chi connectivity index (χ0n) is 14.7. The molecule has 2 fully saturated rings. The Labute approximate surface area is 166 Å². The highest BCUT2D eigenvalue weighted by atomic mass is 35.5. The number of carbonyl (C=O) groups excluding carboxylic acids is 2. The number of halogens is 2. The van der Waals surface area contributed by atoms with Crippen molar-refractivity contribution in [3.63, 3.8) is 0 Å². The molecule has 2 aliphatic rings. The van der Waals surface area contributed by atoms with Crippen molar-refractivity contribution < 1.29 is 14.3 Å². The number of ether oxygens (including phenoxy) is 1. The highest BCUT2D eigenvalue weighted by Gasteiger charge is 2.27. The molecule has 0 aromatic rings. The summed E-state index contributed by atoms with van der Waals surface area (Å²) in [6.45, 7) is 5.83. The number of morpholine rings is 1. The summed E-state index contributed by atoms with van der Waals surface area (Å²) in [6.07, 6.45) is 2.73. The topological polar surface area (TPSA) is 79.1 Å². The quantitative estimate of drug-likeness (QED) is 0.651. The number of carbonyl (C=O) groups is 2. The first-order chi connectivity index (χ1) is 11.1. The lowest BCUT2D eigenvalue weighted by atomic mass is 10.2. The maximum atomic E-state index is 12.3. The van der Waals surface area contributed by atoms with Crippen molar-refractivity contribution in [1.29, 1.82) is 0 Å². The van der Waals surface area contributed by atoms with Crippen LogP contribution in [-0.2, 0) is 14.3 Å². The van der Waals surface area contributed by atoms with Gasteiger partial charge in [-0.1, -0.05) is 0 Å². The third-order valence-corrected chi connectivity index (χ3v) is 5.00. The van der Waals surface area contributed by atoms with Gasteiger partial charge in [-0.05, 0) is 18.4 Å². The summed E-state index contributed by atoms with van der Waals surface area (Å²) in [5.74, 6) is 1.10. The minimum absolute atomic E-state index is 0. The van der Waals surface area contributed by atoms with Crippen LogP contribution in [-0.4, -0.2) is 104 Å². The monoisotopic (exact) mass is 416 g/mol. The van der Waals surface area contributed by atoms with Gasteiger partial charge in [-0.3, -0.25) is 14.5 Å². The van der Waals surface area contributed by atoms with Gasteiger partial charge in [0.15, 0.2) is 0 Å². The van der Waals surface area contributed by atoms with E-state index in [4.69, 9.17) is 10.5 Å². The summed E-state index contributed by atoms with van der Waals surface area (Å²) in [6, 6.07) is -0.399. The molecule has 2 heterocycles. The molecule has 10 heteroatoms. The van der Waals surface area contributed by atoms with Crippen LogP contribution >= 0.6 is 36.6 Å². The van der Waals surface area contributed by atoms with E-state index in [-0.39, 0.29) is 36.6 Å². The minimum Gasteiger partial charge on any atom is -0.378 e. The first-order valence-electron chi connectivity index (χ1n) is 8.23. The summed E-state index contributed by atoms with van der Waals surface area (Å²) in [4.78, 5) is 30.3. The van der Waals surface area contributed by atoms with E-state index in [1.165, 1.54) is 0 Å². The fraction of sp³-hybridized carbons (Fsp3) is 0.867. The number of nitrogens with zero attached hydrogens (tertiary/aromatic N) is 3. The number of hydrogen-bond donors (Lipinski definition) is 1. The Balaban J connectivity index is 0.00000288. The van der Waals surface area contributed by atoms with Crippen LogP contribution in [0.2, 0.25) is 0 Å². The number of nitrogens with two attached hydrogens (primary N) is 1. The molecular weight excluding hydrogens is 387 g/mol. The molecule has 25 heavy (non-hydrogen) atoms. The molecular formula is C15H30Cl2N4O3S. The zero-order valence-corrected chi connectivity index (χ0v) is 17.2. The fourth-order valence-electron chi connectivity index (χ4n) is 2.83. The third-order valence-electron chi connectivity index (χ3n) is 4.36. The molecule has 2 amide bonds. The highest BCUT2D eigenvalue weighted by Crippen LogP contribution is 2.08. The van der Waals surface area contributed by atoms with Crippen molar-refractivity contribution >= 4 is 48.4 Å². The van der Waals surface area contributed by atoms with Crippen molar-refractivity contribution in [3.05, 3.63) is 0 Å². The molecule has 7 nitrogen and oxygen atoms in total. The van der Waals surface area contributed by atoms with Gasteiger partial charge in [0.25, 0.3) is 0 Å². The Bertz CT molecular complexity index is 406. The smallest absolute Gasteiger partial charge is 0.239 e. The number of piperazine rings is 1. The first-order valence-corrected chi connectivity index (χ1v) is 9.62. The van der Waals surface area contributed by atoms with E-state index in [1.54, 1.807) is 11.8 Å². The van der Waals surface area contributed by atoms with E-state index in [1.807, 2.05) is 16.1 Å².